The number of aryl methyl sites for hydroxylation is 1. The van der Waals surface area contributed by atoms with Crippen LogP contribution in [-0.2, 0) is 6.54 Å². The van der Waals surface area contributed by atoms with E-state index in [9.17, 15) is 10.4 Å². The first kappa shape index (κ1) is 21.5. The fourth-order valence-corrected chi connectivity index (χ4v) is 3.69. The molecule has 0 spiro atoms. The Kier molecular flexibility index (Phi) is 6.78. The van der Waals surface area contributed by atoms with Gasteiger partial charge in [0, 0.05) is 24.3 Å². The molecule has 1 fully saturated rings. The van der Waals surface area contributed by atoms with E-state index >= 15 is 0 Å². The van der Waals surface area contributed by atoms with E-state index < -0.39 is 0 Å². The van der Waals surface area contributed by atoms with Crippen molar-refractivity contribution in [2.45, 2.75) is 51.3 Å². The second-order valence-corrected chi connectivity index (χ2v) is 7.96. The average Bonchev–Trinajstić information content (AvgIpc) is 2.80. The first-order chi connectivity index (χ1) is 15.6. The van der Waals surface area contributed by atoms with Crippen LogP contribution < -0.4 is 15.4 Å². The van der Waals surface area contributed by atoms with E-state index in [-0.39, 0.29) is 12.1 Å². The summed E-state index contributed by atoms with van der Waals surface area (Å²) in [5, 5.41) is 25.7. The Morgan fingerprint density at radius 3 is 2.78 bits per heavy atom. The van der Waals surface area contributed by atoms with Gasteiger partial charge in [-0.3, -0.25) is 0 Å². The summed E-state index contributed by atoms with van der Waals surface area (Å²) in [5.41, 5.74) is 2.36. The molecule has 3 N–H and O–H groups in total. The lowest BCUT2D eigenvalue weighted by atomic mass is 9.93. The highest BCUT2D eigenvalue weighted by atomic mass is 16.5. The summed E-state index contributed by atoms with van der Waals surface area (Å²) in [4.78, 5) is 13.2. The zero-order valence-corrected chi connectivity index (χ0v) is 18.0. The normalized spacial score (nSPS) is 17.9. The quantitative estimate of drug-likeness (QED) is 0.511. The summed E-state index contributed by atoms with van der Waals surface area (Å²) >= 11 is 0. The van der Waals surface area contributed by atoms with Crippen molar-refractivity contribution in [1.29, 1.82) is 5.26 Å². The van der Waals surface area contributed by atoms with Gasteiger partial charge < -0.3 is 20.5 Å². The Bertz CT molecular complexity index is 1110. The molecule has 0 aliphatic heterocycles. The molecule has 1 aliphatic carbocycles. The van der Waals surface area contributed by atoms with Gasteiger partial charge in [0.1, 0.15) is 23.2 Å². The molecular weight excluding hydrogens is 404 g/mol. The van der Waals surface area contributed by atoms with Crippen molar-refractivity contribution in [3.63, 3.8) is 0 Å². The van der Waals surface area contributed by atoms with Gasteiger partial charge in [-0.1, -0.05) is 18.2 Å². The molecule has 0 bridgehead atoms. The molecule has 1 aliphatic rings. The van der Waals surface area contributed by atoms with Crippen LogP contribution in [-0.4, -0.2) is 32.2 Å². The van der Waals surface area contributed by atoms with Crippen LogP contribution in [0.2, 0.25) is 0 Å². The number of aromatic nitrogens is 3. The molecule has 164 valence electrons. The van der Waals surface area contributed by atoms with Gasteiger partial charge >= 0.3 is 0 Å². The van der Waals surface area contributed by atoms with Crippen LogP contribution in [0.15, 0.2) is 48.8 Å². The third kappa shape index (κ3) is 5.50. The van der Waals surface area contributed by atoms with Crippen molar-refractivity contribution in [1.82, 2.24) is 15.0 Å². The lowest BCUT2D eigenvalue weighted by molar-refractivity contribution is 0.126. The fourth-order valence-electron chi connectivity index (χ4n) is 3.69. The highest BCUT2D eigenvalue weighted by Gasteiger charge is 2.21. The average molecular weight is 431 g/mol. The molecule has 1 saturated carbocycles. The number of ether oxygens (including phenoxy) is 1. The molecule has 1 aromatic carbocycles. The van der Waals surface area contributed by atoms with Crippen LogP contribution in [0.3, 0.4) is 0 Å². The van der Waals surface area contributed by atoms with E-state index in [2.05, 4.69) is 31.7 Å². The standard InChI is InChI=1S/C24H26N6O2/c1-16-4-2-6-21(12-16)32-23-17(5-3-11-26-23)14-27-24-28-15-18(13-25)22(30-24)29-19-7-9-20(31)10-8-19/h2-6,11-12,15,19-20,31H,7-10,14H2,1H3,(H2,27,28,29,30)/t19-,20+. The maximum absolute atomic E-state index is 9.71. The van der Waals surface area contributed by atoms with E-state index in [1.54, 1.807) is 6.20 Å². The van der Waals surface area contributed by atoms with Crippen molar-refractivity contribution in [2.24, 2.45) is 0 Å². The zero-order chi connectivity index (χ0) is 22.3. The minimum Gasteiger partial charge on any atom is -0.439 e. The fraction of sp³-hybridized carbons (Fsp3) is 0.333. The molecule has 2 heterocycles. The Labute approximate surface area is 187 Å². The van der Waals surface area contributed by atoms with E-state index in [1.807, 2.05) is 43.3 Å². The van der Waals surface area contributed by atoms with Gasteiger partial charge in [-0.15, -0.1) is 0 Å². The highest BCUT2D eigenvalue weighted by Crippen LogP contribution is 2.25. The number of aliphatic hydroxyl groups is 1. The molecule has 8 nitrogen and oxygen atoms in total. The summed E-state index contributed by atoms with van der Waals surface area (Å²) in [6, 6.07) is 13.9. The molecular formula is C24H26N6O2. The summed E-state index contributed by atoms with van der Waals surface area (Å²) < 4.78 is 5.98. The summed E-state index contributed by atoms with van der Waals surface area (Å²) in [6.07, 6.45) is 6.16. The Morgan fingerprint density at radius 2 is 2.00 bits per heavy atom. The highest BCUT2D eigenvalue weighted by molar-refractivity contribution is 5.54. The van der Waals surface area contributed by atoms with Crippen LogP contribution in [0.5, 0.6) is 11.6 Å². The Balaban J connectivity index is 1.45. The van der Waals surface area contributed by atoms with Crippen LogP contribution in [0.1, 0.15) is 42.4 Å². The van der Waals surface area contributed by atoms with Crippen LogP contribution >= 0.6 is 0 Å². The smallest absolute Gasteiger partial charge is 0.224 e. The third-order valence-electron chi connectivity index (χ3n) is 5.44. The monoisotopic (exact) mass is 430 g/mol. The SMILES string of the molecule is Cc1cccc(Oc2ncccc2CNc2ncc(C#N)c(N[C@H]3CC[C@@H](O)CC3)n2)c1. The lowest BCUT2D eigenvalue weighted by Crippen LogP contribution is -2.29. The van der Waals surface area contributed by atoms with Crippen molar-refractivity contribution in [3.05, 3.63) is 65.5 Å². The Morgan fingerprint density at radius 1 is 1.16 bits per heavy atom. The van der Waals surface area contributed by atoms with Gasteiger partial charge in [-0.2, -0.15) is 10.2 Å². The predicted molar refractivity (Wildman–Crippen MR) is 121 cm³/mol. The van der Waals surface area contributed by atoms with Gasteiger partial charge in [0.2, 0.25) is 11.8 Å². The van der Waals surface area contributed by atoms with Crippen molar-refractivity contribution in [2.75, 3.05) is 10.6 Å². The number of anilines is 2. The van der Waals surface area contributed by atoms with Crippen molar-refractivity contribution in [3.8, 4) is 17.7 Å². The molecule has 0 atom stereocenters. The third-order valence-corrected chi connectivity index (χ3v) is 5.44. The van der Waals surface area contributed by atoms with Crippen molar-refractivity contribution >= 4 is 11.8 Å². The number of pyridine rings is 1. The number of nitrogens with one attached hydrogen (secondary N) is 2. The number of aliphatic hydroxyl groups excluding tert-OH is 1. The molecule has 0 unspecified atom stereocenters. The first-order valence-corrected chi connectivity index (χ1v) is 10.7. The number of nitrogens with zero attached hydrogens (tertiary/aromatic N) is 4. The van der Waals surface area contributed by atoms with Crippen LogP contribution in [0.25, 0.3) is 0 Å². The number of benzene rings is 1. The minimum atomic E-state index is -0.234. The molecule has 4 rings (SSSR count). The molecule has 0 amide bonds. The number of nitriles is 1. The summed E-state index contributed by atoms with van der Waals surface area (Å²) in [7, 11) is 0. The second-order valence-electron chi connectivity index (χ2n) is 7.96. The maximum atomic E-state index is 9.71. The molecule has 32 heavy (non-hydrogen) atoms. The lowest BCUT2D eigenvalue weighted by Gasteiger charge is -2.26. The molecule has 0 radical (unpaired) electrons. The van der Waals surface area contributed by atoms with E-state index in [4.69, 9.17) is 4.74 Å². The van der Waals surface area contributed by atoms with E-state index in [0.29, 0.717) is 29.8 Å². The predicted octanol–water partition coefficient (Wildman–Crippen LogP) is 4.17. The van der Waals surface area contributed by atoms with Gasteiger partial charge in [-0.05, 0) is 56.4 Å². The van der Waals surface area contributed by atoms with Gasteiger partial charge in [-0.25, -0.2) is 9.97 Å². The second kappa shape index (κ2) is 10.1. The van der Waals surface area contributed by atoms with E-state index in [1.165, 1.54) is 6.20 Å². The van der Waals surface area contributed by atoms with E-state index in [0.717, 1.165) is 42.6 Å². The maximum Gasteiger partial charge on any atom is 0.224 e. The van der Waals surface area contributed by atoms with Crippen molar-refractivity contribution < 1.29 is 9.84 Å². The van der Waals surface area contributed by atoms with Gasteiger partial charge in [0.05, 0.1) is 12.3 Å². The largest absolute Gasteiger partial charge is 0.439 e. The van der Waals surface area contributed by atoms with Gasteiger partial charge in [0.15, 0.2) is 0 Å². The minimum absolute atomic E-state index is 0.181. The molecule has 2 aromatic heterocycles. The number of hydrogen-bond donors (Lipinski definition) is 3. The molecule has 3 aromatic rings. The Hall–Kier alpha value is -3.70. The van der Waals surface area contributed by atoms with Gasteiger partial charge in [0.25, 0.3) is 0 Å². The molecule has 8 heteroatoms. The van der Waals surface area contributed by atoms with Crippen LogP contribution in [0.4, 0.5) is 11.8 Å². The summed E-state index contributed by atoms with van der Waals surface area (Å²) in [6.45, 7) is 2.42. The number of rotatable bonds is 7. The topological polar surface area (TPSA) is 116 Å². The molecule has 0 saturated heterocycles. The first-order valence-electron chi connectivity index (χ1n) is 10.7. The van der Waals surface area contributed by atoms with Crippen LogP contribution in [0, 0.1) is 18.3 Å². The number of hydrogen-bond acceptors (Lipinski definition) is 8. The zero-order valence-electron chi connectivity index (χ0n) is 18.0. The summed E-state index contributed by atoms with van der Waals surface area (Å²) in [5.74, 6) is 2.16.